The van der Waals surface area contributed by atoms with Crippen LogP contribution in [0.4, 0.5) is 5.69 Å². The van der Waals surface area contributed by atoms with Crippen LogP contribution in [0, 0.1) is 13.8 Å². The molecular weight excluding hydrogens is 290 g/mol. The molecule has 0 aliphatic rings. The van der Waals surface area contributed by atoms with E-state index < -0.39 is 0 Å². The van der Waals surface area contributed by atoms with E-state index in [9.17, 15) is 0 Å². The average Bonchev–Trinajstić information content (AvgIpc) is 2.34. The monoisotopic (exact) mass is 305 g/mol. The Kier molecular flexibility index (Phi) is 3.92. The number of ether oxygens (including phenoxy) is 1. The van der Waals surface area contributed by atoms with Gasteiger partial charge in [0.15, 0.2) is 0 Å². The summed E-state index contributed by atoms with van der Waals surface area (Å²) in [5.41, 5.74) is 9.92. The number of hydrogen-bond acceptors (Lipinski definition) is 2. The molecule has 0 aromatic heterocycles. The smallest absolute Gasteiger partial charge is 0.123 e. The second-order valence-corrected chi connectivity index (χ2v) is 5.31. The van der Waals surface area contributed by atoms with Crippen LogP contribution in [0.15, 0.2) is 40.9 Å². The minimum Gasteiger partial charge on any atom is -0.489 e. The van der Waals surface area contributed by atoms with Gasteiger partial charge >= 0.3 is 0 Å². The van der Waals surface area contributed by atoms with E-state index in [1.54, 1.807) is 0 Å². The molecule has 2 aromatic rings. The first-order valence-corrected chi connectivity index (χ1v) is 6.59. The van der Waals surface area contributed by atoms with Crippen LogP contribution in [-0.2, 0) is 6.61 Å². The van der Waals surface area contributed by atoms with Gasteiger partial charge in [-0.3, -0.25) is 0 Å². The summed E-state index contributed by atoms with van der Waals surface area (Å²) >= 11 is 3.42. The zero-order valence-corrected chi connectivity index (χ0v) is 12.1. The molecule has 0 radical (unpaired) electrons. The molecule has 0 aliphatic carbocycles. The van der Waals surface area contributed by atoms with Gasteiger partial charge in [-0.05, 0) is 54.8 Å². The van der Waals surface area contributed by atoms with Crippen molar-refractivity contribution in [3.63, 3.8) is 0 Å². The number of hydrogen-bond donors (Lipinski definition) is 1. The Hall–Kier alpha value is -1.48. The highest BCUT2D eigenvalue weighted by Crippen LogP contribution is 2.25. The summed E-state index contributed by atoms with van der Waals surface area (Å²) in [7, 11) is 0. The van der Waals surface area contributed by atoms with Crippen LogP contribution in [0.1, 0.15) is 16.7 Å². The topological polar surface area (TPSA) is 35.2 Å². The molecule has 0 saturated carbocycles. The van der Waals surface area contributed by atoms with E-state index in [0.29, 0.717) is 6.61 Å². The Morgan fingerprint density at radius 3 is 2.39 bits per heavy atom. The van der Waals surface area contributed by atoms with Crippen molar-refractivity contribution in [1.82, 2.24) is 0 Å². The lowest BCUT2D eigenvalue weighted by Crippen LogP contribution is -1.99. The highest BCUT2D eigenvalue weighted by atomic mass is 79.9. The Bertz CT molecular complexity index is 549. The number of nitrogen functional groups attached to an aromatic ring is 1. The van der Waals surface area contributed by atoms with Crippen LogP contribution in [0.3, 0.4) is 0 Å². The average molecular weight is 306 g/mol. The lowest BCUT2D eigenvalue weighted by atomic mass is 10.1. The normalized spacial score (nSPS) is 10.4. The summed E-state index contributed by atoms with van der Waals surface area (Å²) in [5, 5.41) is 0. The van der Waals surface area contributed by atoms with Crippen molar-refractivity contribution in [2.75, 3.05) is 5.73 Å². The fraction of sp³-hybridized carbons (Fsp3) is 0.200. The van der Waals surface area contributed by atoms with E-state index in [4.69, 9.17) is 10.5 Å². The molecule has 0 unspecified atom stereocenters. The molecule has 2 aromatic carbocycles. The first kappa shape index (κ1) is 13.0. The van der Waals surface area contributed by atoms with Gasteiger partial charge in [0.1, 0.15) is 12.4 Å². The zero-order valence-electron chi connectivity index (χ0n) is 10.5. The molecule has 18 heavy (non-hydrogen) atoms. The van der Waals surface area contributed by atoms with Crippen molar-refractivity contribution in [3.05, 3.63) is 57.6 Å². The number of benzene rings is 2. The highest BCUT2D eigenvalue weighted by molar-refractivity contribution is 9.10. The third kappa shape index (κ3) is 3.05. The maximum Gasteiger partial charge on any atom is 0.123 e. The number of halogens is 1. The van der Waals surface area contributed by atoms with Crippen LogP contribution < -0.4 is 10.5 Å². The summed E-state index contributed by atoms with van der Waals surface area (Å²) in [6.07, 6.45) is 0. The van der Waals surface area contributed by atoms with E-state index in [1.807, 2.05) is 50.2 Å². The summed E-state index contributed by atoms with van der Waals surface area (Å²) in [4.78, 5) is 0. The van der Waals surface area contributed by atoms with E-state index in [2.05, 4.69) is 15.9 Å². The molecule has 0 fully saturated rings. The van der Waals surface area contributed by atoms with Crippen molar-refractivity contribution < 1.29 is 4.74 Å². The van der Waals surface area contributed by atoms with Gasteiger partial charge in [-0.25, -0.2) is 0 Å². The van der Waals surface area contributed by atoms with Crippen molar-refractivity contribution in [2.45, 2.75) is 20.5 Å². The molecule has 2 N–H and O–H groups in total. The number of aryl methyl sites for hydroxylation is 2. The van der Waals surface area contributed by atoms with E-state index in [1.165, 1.54) is 0 Å². The van der Waals surface area contributed by atoms with Gasteiger partial charge in [0.2, 0.25) is 0 Å². The molecule has 0 bridgehead atoms. The molecule has 94 valence electrons. The summed E-state index contributed by atoms with van der Waals surface area (Å²) in [6.45, 7) is 4.56. The van der Waals surface area contributed by atoms with Crippen LogP contribution in [0.2, 0.25) is 0 Å². The van der Waals surface area contributed by atoms with Crippen LogP contribution in [-0.4, -0.2) is 0 Å². The SMILES string of the molecule is Cc1cc(OCc2ccc(Br)cc2)c(C)cc1N. The third-order valence-corrected chi connectivity index (χ3v) is 3.40. The number of anilines is 1. The van der Waals surface area contributed by atoms with E-state index in [0.717, 1.165) is 32.6 Å². The maximum atomic E-state index is 5.85. The first-order chi connectivity index (χ1) is 8.56. The van der Waals surface area contributed by atoms with Crippen molar-refractivity contribution >= 4 is 21.6 Å². The molecule has 0 heterocycles. The fourth-order valence-electron chi connectivity index (χ4n) is 1.71. The lowest BCUT2D eigenvalue weighted by Gasteiger charge is -2.11. The minimum absolute atomic E-state index is 0.567. The summed E-state index contributed by atoms with van der Waals surface area (Å²) in [5.74, 6) is 0.893. The standard InChI is InChI=1S/C15H16BrNO/c1-10-8-15(11(2)7-14(10)17)18-9-12-3-5-13(16)6-4-12/h3-8H,9,17H2,1-2H3. The van der Waals surface area contributed by atoms with Crippen molar-refractivity contribution in [2.24, 2.45) is 0 Å². The summed E-state index contributed by atoms with van der Waals surface area (Å²) in [6, 6.07) is 12.1. The third-order valence-electron chi connectivity index (χ3n) is 2.87. The molecule has 0 saturated heterocycles. The summed E-state index contributed by atoms with van der Waals surface area (Å²) < 4.78 is 6.90. The van der Waals surface area contributed by atoms with Gasteiger partial charge in [0.25, 0.3) is 0 Å². The van der Waals surface area contributed by atoms with Gasteiger partial charge in [-0.1, -0.05) is 28.1 Å². The Labute approximate surface area is 116 Å². The molecule has 0 amide bonds. The van der Waals surface area contributed by atoms with Gasteiger partial charge in [-0.2, -0.15) is 0 Å². The maximum absolute atomic E-state index is 5.85. The quantitative estimate of drug-likeness (QED) is 0.861. The first-order valence-electron chi connectivity index (χ1n) is 5.80. The second-order valence-electron chi connectivity index (χ2n) is 4.39. The van der Waals surface area contributed by atoms with Crippen LogP contribution in [0.5, 0.6) is 5.75 Å². The second kappa shape index (κ2) is 5.44. The van der Waals surface area contributed by atoms with Gasteiger partial charge in [-0.15, -0.1) is 0 Å². The Balaban J connectivity index is 2.10. The van der Waals surface area contributed by atoms with Gasteiger partial charge in [0, 0.05) is 10.2 Å². The number of rotatable bonds is 3. The molecule has 0 aliphatic heterocycles. The predicted octanol–water partition coefficient (Wildman–Crippen LogP) is 4.23. The van der Waals surface area contributed by atoms with Crippen molar-refractivity contribution in [1.29, 1.82) is 0 Å². The van der Waals surface area contributed by atoms with E-state index in [-0.39, 0.29) is 0 Å². The lowest BCUT2D eigenvalue weighted by molar-refractivity contribution is 0.304. The highest BCUT2D eigenvalue weighted by Gasteiger charge is 2.03. The van der Waals surface area contributed by atoms with Crippen LogP contribution >= 0.6 is 15.9 Å². The molecule has 2 nitrogen and oxygen atoms in total. The van der Waals surface area contributed by atoms with Gasteiger partial charge < -0.3 is 10.5 Å². The fourth-order valence-corrected chi connectivity index (χ4v) is 1.97. The Morgan fingerprint density at radius 2 is 1.72 bits per heavy atom. The van der Waals surface area contributed by atoms with Gasteiger partial charge in [0.05, 0.1) is 0 Å². The van der Waals surface area contributed by atoms with Crippen LogP contribution in [0.25, 0.3) is 0 Å². The molecule has 0 atom stereocenters. The molecule has 0 spiro atoms. The minimum atomic E-state index is 0.567. The van der Waals surface area contributed by atoms with E-state index >= 15 is 0 Å². The largest absolute Gasteiger partial charge is 0.489 e. The number of nitrogens with two attached hydrogens (primary N) is 1. The molecule has 3 heteroatoms. The molecular formula is C15H16BrNO. The Morgan fingerprint density at radius 1 is 1.06 bits per heavy atom. The molecule has 2 rings (SSSR count). The van der Waals surface area contributed by atoms with Crippen molar-refractivity contribution in [3.8, 4) is 5.75 Å². The predicted molar refractivity (Wildman–Crippen MR) is 78.8 cm³/mol. The zero-order chi connectivity index (χ0) is 13.1.